The smallest absolute Gasteiger partial charge is 0.256 e. The topological polar surface area (TPSA) is 64.9 Å². The van der Waals surface area contributed by atoms with E-state index in [9.17, 15) is 10.1 Å². The quantitative estimate of drug-likeness (QED) is 0.762. The Hall–Kier alpha value is -2.16. The van der Waals surface area contributed by atoms with Crippen LogP contribution in [0.3, 0.4) is 0 Å². The van der Waals surface area contributed by atoms with Gasteiger partial charge in [0, 0.05) is 21.5 Å². The Morgan fingerprint density at radius 2 is 1.89 bits per heavy atom. The van der Waals surface area contributed by atoms with Gasteiger partial charge in [0.05, 0.1) is 5.56 Å². The molecule has 0 bridgehead atoms. The molecule has 0 saturated carbocycles. The SMILES string of the molecule is CC1(C)Cc2c(sc(NC(=O)c3ccc4c(c3)CCCC4)c2C#N)C(C)(C)N1. The van der Waals surface area contributed by atoms with Gasteiger partial charge in [0.1, 0.15) is 11.1 Å². The molecule has 2 aromatic rings. The van der Waals surface area contributed by atoms with E-state index in [2.05, 4.69) is 50.5 Å². The van der Waals surface area contributed by atoms with Gasteiger partial charge in [0.25, 0.3) is 5.91 Å². The molecule has 4 rings (SSSR count). The summed E-state index contributed by atoms with van der Waals surface area (Å²) in [5, 5.41) is 17.2. The zero-order valence-electron chi connectivity index (χ0n) is 17.0. The first-order valence-corrected chi connectivity index (χ1v) is 10.8. The number of nitrogens with one attached hydrogen (secondary N) is 2. The number of nitrogens with zero attached hydrogens (tertiary/aromatic N) is 1. The Balaban J connectivity index is 1.67. The Morgan fingerprint density at radius 3 is 2.61 bits per heavy atom. The van der Waals surface area contributed by atoms with Crippen LogP contribution in [-0.2, 0) is 24.8 Å². The van der Waals surface area contributed by atoms with Crippen molar-refractivity contribution in [2.45, 2.75) is 70.9 Å². The van der Waals surface area contributed by atoms with E-state index in [1.54, 1.807) is 0 Å². The van der Waals surface area contributed by atoms with Gasteiger partial charge in [-0.25, -0.2) is 0 Å². The van der Waals surface area contributed by atoms with Crippen LogP contribution in [0.4, 0.5) is 5.00 Å². The van der Waals surface area contributed by atoms with E-state index in [0.717, 1.165) is 29.7 Å². The predicted octanol–water partition coefficient (Wildman–Crippen LogP) is 4.91. The summed E-state index contributed by atoms with van der Waals surface area (Å²) in [5.74, 6) is -0.131. The fourth-order valence-corrected chi connectivity index (χ4v) is 6.01. The van der Waals surface area contributed by atoms with Crippen LogP contribution in [0.1, 0.15) is 78.0 Å². The van der Waals surface area contributed by atoms with Gasteiger partial charge in [-0.2, -0.15) is 5.26 Å². The monoisotopic (exact) mass is 393 g/mol. The number of fused-ring (bicyclic) bond motifs is 2. The van der Waals surface area contributed by atoms with Crippen LogP contribution in [0.25, 0.3) is 0 Å². The molecule has 1 aromatic carbocycles. The summed E-state index contributed by atoms with van der Waals surface area (Å²) in [5.41, 5.74) is 4.69. The third-order valence-corrected chi connectivity index (χ3v) is 7.27. The van der Waals surface area contributed by atoms with Crippen LogP contribution in [0, 0.1) is 11.3 Å². The predicted molar refractivity (Wildman–Crippen MR) is 114 cm³/mol. The fraction of sp³-hybridized carbons (Fsp3) is 0.478. The Labute approximate surface area is 171 Å². The third kappa shape index (κ3) is 3.36. The van der Waals surface area contributed by atoms with Crippen LogP contribution in [0.15, 0.2) is 18.2 Å². The average Bonchev–Trinajstić information content (AvgIpc) is 2.97. The fourth-order valence-electron chi connectivity index (χ4n) is 4.78. The highest BCUT2D eigenvalue weighted by atomic mass is 32.1. The van der Waals surface area contributed by atoms with E-state index >= 15 is 0 Å². The maximum Gasteiger partial charge on any atom is 0.256 e. The molecule has 0 unspecified atom stereocenters. The molecule has 0 fully saturated rings. The highest BCUT2D eigenvalue weighted by Gasteiger charge is 2.40. The second-order valence-electron chi connectivity index (χ2n) is 9.18. The molecular weight excluding hydrogens is 366 g/mol. The van der Waals surface area contributed by atoms with Gasteiger partial charge < -0.3 is 10.6 Å². The minimum Gasteiger partial charge on any atom is -0.312 e. The van der Waals surface area contributed by atoms with Crippen LogP contribution in [0.2, 0.25) is 0 Å². The van der Waals surface area contributed by atoms with E-state index in [1.807, 2.05) is 12.1 Å². The molecule has 0 spiro atoms. The number of carbonyl (C=O) groups is 1. The lowest BCUT2D eigenvalue weighted by molar-refractivity contribution is 0.102. The minimum atomic E-state index is -0.234. The third-order valence-electron chi connectivity index (χ3n) is 5.79. The van der Waals surface area contributed by atoms with Crippen molar-refractivity contribution in [2.24, 2.45) is 0 Å². The molecular formula is C23H27N3OS. The molecule has 0 atom stereocenters. The van der Waals surface area contributed by atoms with E-state index in [1.165, 1.54) is 35.3 Å². The Bertz CT molecular complexity index is 994. The van der Waals surface area contributed by atoms with Gasteiger partial charge in [-0.15, -0.1) is 11.3 Å². The lowest BCUT2D eigenvalue weighted by Gasteiger charge is -2.42. The summed E-state index contributed by atoms with van der Waals surface area (Å²) in [6, 6.07) is 8.38. The molecule has 2 N–H and O–H groups in total. The maximum absolute atomic E-state index is 12.9. The number of amides is 1. The number of hydrogen-bond acceptors (Lipinski definition) is 4. The number of carbonyl (C=O) groups excluding carboxylic acids is 1. The van der Waals surface area contributed by atoms with Crippen LogP contribution in [0.5, 0.6) is 0 Å². The summed E-state index contributed by atoms with van der Waals surface area (Å²) in [6.07, 6.45) is 5.34. The van der Waals surface area contributed by atoms with Gasteiger partial charge in [-0.3, -0.25) is 4.79 Å². The molecule has 28 heavy (non-hydrogen) atoms. The zero-order chi connectivity index (χ0) is 20.1. The van der Waals surface area contributed by atoms with Crippen LogP contribution < -0.4 is 10.6 Å². The number of thiophene rings is 1. The molecule has 1 aliphatic heterocycles. The van der Waals surface area contributed by atoms with Crippen molar-refractivity contribution in [3.8, 4) is 6.07 Å². The van der Waals surface area contributed by atoms with E-state index < -0.39 is 0 Å². The van der Waals surface area contributed by atoms with Crippen molar-refractivity contribution < 1.29 is 4.79 Å². The summed E-state index contributed by atoms with van der Waals surface area (Å²) in [7, 11) is 0. The Kier molecular flexibility index (Phi) is 4.60. The molecule has 1 aliphatic carbocycles. The van der Waals surface area contributed by atoms with Crippen molar-refractivity contribution in [2.75, 3.05) is 5.32 Å². The number of aryl methyl sites for hydroxylation is 2. The molecule has 146 valence electrons. The van der Waals surface area contributed by atoms with Crippen LogP contribution >= 0.6 is 11.3 Å². The second kappa shape index (κ2) is 6.72. The maximum atomic E-state index is 12.9. The van der Waals surface area contributed by atoms with Gasteiger partial charge in [-0.05, 0) is 88.6 Å². The van der Waals surface area contributed by atoms with Crippen LogP contribution in [-0.4, -0.2) is 11.4 Å². The summed E-state index contributed by atoms with van der Waals surface area (Å²) in [6.45, 7) is 8.59. The van der Waals surface area contributed by atoms with Crippen molar-refractivity contribution in [1.82, 2.24) is 5.32 Å². The van der Waals surface area contributed by atoms with Crippen molar-refractivity contribution >= 4 is 22.2 Å². The molecule has 0 radical (unpaired) electrons. The van der Waals surface area contributed by atoms with Gasteiger partial charge in [0.2, 0.25) is 0 Å². The van der Waals surface area contributed by atoms with Crippen molar-refractivity contribution in [3.05, 3.63) is 50.9 Å². The highest BCUT2D eigenvalue weighted by molar-refractivity contribution is 7.17. The zero-order valence-corrected chi connectivity index (χ0v) is 17.8. The molecule has 4 nitrogen and oxygen atoms in total. The number of hydrogen-bond donors (Lipinski definition) is 2. The number of rotatable bonds is 2. The van der Waals surface area contributed by atoms with E-state index in [-0.39, 0.29) is 17.0 Å². The first-order chi connectivity index (χ1) is 13.2. The first kappa shape index (κ1) is 19.2. The number of nitriles is 1. The molecule has 0 saturated heterocycles. The highest BCUT2D eigenvalue weighted by Crippen LogP contribution is 2.44. The normalized spacial score (nSPS) is 19.2. The lowest BCUT2D eigenvalue weighted by Crippen LogP contribution is -2.54. The van der Waals surface area contributed by atoms with Crippen molar-refractivity contribution in [3.63, 3.8) is 0 Å². The Morgan fingerprint density at radius 1 is 1.18 bits per heavy atom. The summed E-state index contributed by atoms with van der Waals surface area (Å²) >= 11 is 1.53. The molecule has 2 aliphatic rings. The molecule has 5 heteroatoms. The van der Waals surface area contributed by atoms with Gasteiger partial charge in [-0.1, -0.05) is 6.07 Å². The standard InChI is InChI=1S/C23H27N3OS/c1-22(2)12-17-18(13-24)21(28-19(17)23(3,4)26-22)25-20(27)16-10-9-14-7-5-6-8-15(14)11-16/h9-11,26H,5-8,12H2,1-4H3,(H,25,27). The summed E-state index contributed by atoms with van der Waals surface area (Å²) in [4.78, 5) is 14.1. The molecule has 1 aromatic heterocycles. The van der Waals surface area contributed by atoms with E-state index in [4.69, 9.17) is 0 Å². The lowest BCUT2D eigenvalue weighted by atomic mass is 9.81. The van der Waals surface area contributed by atoms with Gasteiger partial charge in [0.15, 0.2) is 0 Å². The average molecular weight is 394 g/mol. The minimum absolute atomic E-state index is 0.0943. The number of benzene rings is 1. The molecule has 1 amide bonds. The largest absolute Gasteiger partial charge is 0.312 e. The van der Waals surface area contributed by atoms with Gasteiger partial charge >= 0.3 is 0 Å². The summed E-state index contributed by atoms with van der Waals surface area (Å²) < 4.78 is 0. The molecule has 2 heterocycles. The number of anilines is 1. The van der Waals surface area contributed by atoms with E-state index in [0.29, 0.717) is 16.1 Å². The first-order valence-electron chi connectivity index (χ1n) is 9.99. The second-order valence-corrected chi connectivity index (χ2v) is 10.2. The van der Waals surface area contributed by atoms with Crippen molar-refractivity contribution in [1.29, 1.82) is 5.26 Å².